The molecule has 2 aliphatic rings. The van der Waals surface area contributed by atoms with Crippen LogP contribution in [0.1, 0.15) is 6.92 Å². The van der Waals surface area contributed by atoms with Gasteiger partial charge in [-0.2, -0.15) is 5.01 Å². The number of nitrogens with zero attached hydrogens (tertiary/aromatic N) is 3. The number of carboxylic acid groups (broad SMARTS) is 1. The third-order valence-corrected chi connectivity index (χ3v) is 2.03. The van der Waals surface area contributed by atoms with E-state index in [2.05, 4.69) is 10.5 Å². The van der Waals surface area contributed by atoms with Crippen molar-refractivity contribution in [1.82, 2.24) is 15.6 Å². The molecule has 0 saturated carbocycles. The van der Waals surface area contributed by atoms with Crippen LogP contribution in [-0.4, -0.2) is 26.9 Å². The van der Waals surface area contributed by atoms with Gasteiger partial charge in [-0.25, -0.2) is 14.8 Å². The summed E-state index contributed by atoms with van der Waals surface area (Å²) >= 11 is 5.03. The molecular formula is C7H7N4O2S. The number of hydrogen-bond acceptors (Lipinski definition) is 4. The van der Waals surface area contributed by atoms with Crippen LogP contribution in [0.4, 0.5) is 4.79 Å². The zero-order chi connectivity index (χ0) is 10.3. The van der Waals surface area contributed by atoms with Crippen molar-refractivity contribution in [3.05, 3.63) is 23.1 Å². The molecule has 0 saturated heterocycles. The molecule has 2 rings (SSSR count). The van der Waals surface area contributed by atoms with Gasteiger partial charge in [-0.3, -0.25) is 0 Å². The number of fused-ring (bicyclic) bond motifs is 1. The molecule has 0 aromatic heterocycles. The Balaban J connectivity index is 2.32. The minimum Gasteiger partial charge on any atom is -0.464 e. The van der Waals surface area contributed by atoms with Crippen LogP contribution in [0.3, 0.4) is 0 Å². The second kappa shape index (κ2) is 2.96. The number of amides is 1. The summed E-state index contributed by atoms with van der Waals surface area (Å²) < 4.78 is 0. The molecule has 0 atom stereocenters. The molecule has 2 heterocycles. The van der Waals surface area contributed by atoms with Gasteiger partial charge in [0.25, 0.3) is 0 Å². The Morgan fingerprint density at radius 1 is 1.71 bits per heavy atom. The molecule has 0 unspecified atom stereocenters. The van der Waals surface area contributed by atoms with Crippen LogP contribution in [-0.2, 0) is 0 Å². The van der Waals surface area contributed by atoms with Gasteiger partial charge in [-0.05, 0) is 13.0 Å². The summed E-state index contributed by atoms with van der Waals surface area (Å²) in [6.07, 6.45) is 1.94. The minimum absolute atomic E-state index is 0.484. The third-order valence-electron chi connectivity index (χ3n) is 1.73. The Kier molecular flexibility index (Phi) is 1.90. The number of hydrogen-bond donors (Lipinski definition) is 2. The molecule has 0 bridgehead atoms. The van der Waals surface area contributed by atoms with Gasteiger partial charge in [-0.15, -0.1) is 5.53 Å². The topological polar surface area (TPSA) is 68.2 Å². The van der Waals surface area contributed by atoms with E-state index < -0.39 is 6.09 Å². The second-order valence-corrected chi connectivity index (χ2v) is 3.23. The molecule has 6 nitrogen and oxygen atoms in total. The Labute approximate surface area is 85.6 Å². The van der Waals surface area contributed by atoms with E-state index >= 15 is 0 Å². The van der Waals surface area contributed by atoms with Crippen molar-refractivity contribution < 1.29 is 9.90 Å². The van der Waals surface area contributed by atoms with Crippen LogP contribution in [0.25, 0.3) is 0 Å². The van der Waals surface area contributed by atoms with Crippen molar-refractivity contribution in [3.63, 3.8) is 0 Å². The average molecular weight is 211 g/mol. The van der Waals surface area contributed by atoms with Gasteiger partial charge in [0.15, 0.2) is 5.82 Å². The summed E-state index contributed by atoms with van der Waals surface area (Å²) in [7, 11) is 0. The Morgan fingerprint density at radius 3 is 3.07 bits per heavy atom. The van der Waals surface area contributed by atoms with E-state index in [0.717, 1.165) is 10.7 Å². The maximum absolute atomic E-state index is 10.6. The second-order valence-electron chi connectivity index (χ2n) is 2.81. The van der Waals surface area contributed by atoms with E-state index in [0.29, 0.717) is 10.9 Å². The fourth-order valence-electron chi connectivity index (χ4n) is 1.16. The molecule has 14 heavy (non-hydrogen) atoms. The third kappa shape index (κ3) is 1.32. The van der Waals surface area contributed by atoms with Crippen LogP contribution in [0, 0.1) is 0 Å². The SMILES string of the molecule is CC1=NC2=CN(C(=O)O)NN2C([S])=C1. The van der Waals surface area contributed by atoms with Gasteiger partial charge >= 0.3 is 6.09 Å². The monoisotopic (exact) mass is 211 g/mol. The van der Waals surface area contributed by atoms with Crippen molar-refractivity contribution in [2.24, 2.45) is 4.99 Å². The molecule has 7 heteroatoms. The van der Waals surface area contributed by atoms with Crippen LogP contribution in [0.5, 0.6) is 0 Å². The molecule has 0 spiro atoms. The Hall–Kier alpha value is -1.60. The van der Waals surface area contributed by atoms with E-state index in [-0.39, 0.29) is 0 Å². The number of hydrazine groups is 2. The van der Waals surface area contributed by atoms with Gasteiger partial charge < -0.3 is 5.11 Å². The Bertz CT molecular complexity index is 387. The number of carbonyl (C=O) groups is 1. The van der Waals surface area contributed by atoms with Crippen LogP contribution in [0.15, 0.2) is 28.1 Å². The number of allylic oxidation sites excluding steroid dienone is 1. The fourth-order valence-corrected chi connectivity index (χ4v) is 1.46. The molecule has 0 aromatic rings. The highest BCUT2D eigenvalue weighted by Crippen LogP contribution is 2.24. The standard InChI is InChI=1S/C7H7N4O2S/c1-4-2-6(14)11-5(8-4)3-10(9-11)7(12)13/h2-3,9H,1H3,(H,12,13). The zero-order valence-corrected chi connectivity index (χ0v) is 8.08. The molecule has 0 aliphatic carbocycles. The summed E-state index contributed by atoms with van der Waals surface area (Å²) in [6.45, 7) is 1.80. The maximum Gasteiger partial charge on any atom is 0.427 e. The molecule has 73 valence electrons. The molecule has 1 radical (unpaired) electrons. The lowest BCUT2D eigenvalue weighted by Crippen LogP contribution is -2.42. The van der Waals surface area contributed by atoms with Crippen LogP contribution >= 0.6 is 12.6 Å². The highest BCUT2D eigenvalue weighted by molar-refractivity contribution is 7.84. The van der Waals surface area contributed by atoms with Gasteiger partial charge in [0, 0.05) is 5.71 Å². The highest BCUT2D eigenvalue weighted by atomic mass is 32.1. The number of rotatable bonds is 0. The molecule has 0 fully saturated rings. The first-order valence-electron chi connectivity index (χ1n) is 3.82. The van der Waals surface area contributed by atoms with E-state index in [1.165, 1.54) is 11.2 Å². The molecule has 2 aliphatic heterocycles. The van der Waals surface area contributed by atoms with Crippen molar-refractivity contribution in [1.29, 1.82) is 0 Å². The van der Waals surface area contributed by atoms with E-state index in [1.54, 1.807) is 13.0 Å². The maximum atomic E-state index is 10.6. The zero-order valence-electron chi connectivity index (χ0n) is 7.26. The average Bonchev–Trinajstić information content (AvgIpc) is 2.47. The highest BCUT2D eigenvalue weighted by Gasteiger charge is 2.28. The first-order chi connectivity index (χ1) is 6.58. The van der Waals surface area contributed by atoms with Crippen molar-refractivity contribution >= 4 is 24.4 Å². The van der Waals surface area contributed by atoms with Gasteiger partial charge in [-0.1, -0.05) is 12.6 Å². The number of nitrogens with one attached hydrogen (secondary N) is 1. The van der Waals surface area contributed by atoms with Crippen molar-refractivity contribution in [2.75, 3.05) is 0 Å². The summed E-state index contributed by atoms with van der Waals surface area (Å²) in [5.74, 6) is 0.484. The lowest BCUT2D eigenvalue weighted by Gasteiger charge is -2.22. The summed E-state index contributed by atoms with van der Waals surface area (Å²) in [4.78, 5) is 14.7. The van der Waals surface area contributed by atoms with Crippen molar-refractivity contribution in [3.8, 4) is 0 Å². The predicted molar refractivity (Wildman–Crippen MR) is 51.7 cm³/mol. The largest absolute Gasteiger partial charge is 0.464 e. The van der Waals surface area contributed by atoms with Crippen LogP contribution < -0.4 is 5.53 Å². The van der Waals surface area contributed by atoms with E-state index in [9.17, 15) is 4.79 Å². The predicted octanol–water partition coefficient (Wildman–Crippen LogP) is 1.01. The molecular weight excluding hydrogens is 204 g/mol. The quantitative estimate of drug-likeness (QED) is 0.627. The smallest absolute Gasteiger partial charge is 0.427 e. The normalized spacial score (nSPS) is 19.9. The Morgan fingerprint density at radius 2 is 2.43 bits per heavy atom. The summed E-state index contributed by atoms with van der Waals surface area (Å²) in [5.41, 5.74) is 3.31. The molecule has 1 amide bonds. The van der Waals surface area contributed by atoms with Crippen LogP contribution in [0.2, 0.25) is 0 Å². The summed E-state index contributed by atoms with van der Waals surface area (Å²) in [5, 5.41) is 11.5. The summed E-state index contributed by atoms with van der Waals surface area (Å²) in [6, 6.07) is 0. The lowest BCUT2D eigenvalue weighted by atomic mass is 10.3. The first kappa shape index (κ1) is 8.97. The fraction of sp³-hybridized carbons (Fsp3) is 0.143. The number of aliphatic imine (C=N–C) groups is 1. The van der Waals surface area contributed by atoms with E-state index in [1.807, 2.05) is 0 Å². The van der Waals surface area contributed by atoms with Crippen molar-refractivity contribution in [2.45, 2.75) is 6.92 Å². The lowest BCUT2D eigenvalue weighted by molar-refractivity contribution is 0.119. The molecule has 0 aromatic carbocycles. The van der Waals surface area contributed by atoms with Gasteiger partial charge in [0.2, 0.25) is 0 Å². The molecule has 2 N–H and O–H groups in total. The van der Waals surface area contributed by atoms with Gasteiger partial charge in [0.05, 0.1) is 6.20 Å². The van der Waals surface area contributed by atoms with Gasteiger partial charge in [0.1, 0.15) is 5.03 Å². The minimum atomic E-state index is -1.11. The first-order valence-corrected chi connectivity index (χ1v) is 4.23. The van der Waals surface area contributed by atoms with E-state index in [4.69, 9.17) is 17.7 Å².